The zero-order chi connectivity index (χ0) is 25.1. The standard InChI is InChI=1S/C29H30N2O4S/c1-34-26-15-22(21-8-10-25(36-2)11-9-21)14-24-18-30(12-13-35-29(24)26)28(33)19-31-17-23(16-27(31)32)20-6-4-3-5-7-20/h3-11,14-15,23H,12-13,16-19H2,1-2H3/t23-/m0/s1. The van der Waals surface area contributed by atoms with Crippen molar-refractivity contribution in [1.29, 1.82) is 0 Å². The first kappa shape index (κ1) is 24.3. The molecule has 2 amide bonds. The molecule has 3 aromatic rings. The number of hydrogen-bond donors (Lipinski definition) is 0. The van der Waals surface area contributed by atoms with Gasteiger partial charge in [0.25, 0.3) is 0 Å². The Kier molecular flexibility index (Phi) is 7.18. The molecule has 3 aromatic carbocycles. The van der Waals surface area contributed by atoms with Gasteiger partial charge in [-0.15, -0.1) is 11.8 Å². The Labute approximate surface area is 216 Å². The fraction of sp³-hybridized carbons (Fsp3) is 0.310. The van der Waals surface area contributed by atoms with E-state index in [1.54, 1.807) is 28.7 Å². The van der Waals surface area contributed by atoms with Gasteiger partial charge in [-0.05, 0) is 47.2 Å². The first-order chi connectivity index (χ1) is 17.6. The number of ether oxygens (including phenoxy) is 2. The van der Waals surface area contributed by atoms with Gasteiger partial charge in [0.2, 0.25) is 11.8 Å². The van der Waals surface area contributed by atoms with Gasteiger partial charge in [-0.2, -0.15) is 0 Å². The highest BCUT2D eigenvalue weighted by molar-refractivity contribution is 7.98. The summed E-state index contributed by atoms with van der Waals surface area (Å²) in [6, 6.07) is 22.5. The molecule has 7 heteroatoms. The minimum Gasteiger partial charge on any atom is -0.493 e. The van der Waals surface area contributed by atoms with E-state index in [-0.39, 0.29) is 24.3 Å². The van der Waals surface area contributed by atoms with E-state index in [9.17, 15) is 9.59 Å². The SMILES string of the molecule is COc1cc(-c2ccc(SC)cc2)cc2c1OCCN(C(=O)CN1C[C@@H](c3ccccc3)CC1=O)C2. The van der Waals surface area contributed by atoms with Crippen molar-refractivity contribution in [2.45, 2.75) is 23.8 Å². The summed E-state index contributed by atoms with van der Waals surface area (Å²) in [7, 11) is 1.63. The summed E-state index contributed by atoms with van der Waals surface area (Å²) in [5.41, 5.74) is 4.13. The van der Waals surface area contributed by atoms with Crippen molar-refractivity contribution in [1.82, 2.24) is 9.80 Å². The van der Waals surface area contributed by atoms with Gasteiger partial charge >= 0.3 is 0 Å². The number of amides is 2. The van der Waals surface area contributed by atoms with Gasteiger partial charge in [0.15, 0.2) is 11.5 Å². The van der Waals surface area contributed by atoms with Crippen LogP contribution >= 0.6 is 11.8 Å². The molecule has 0 radical (unpaired) electrons. The lowest BCUT2D eigenvalue weighted by Gasteiger charge is -2.24. The molecule has 0 N–H and O–H groups in total. The van der Waals surface area contributed by atoms with Crippen LogP contribution in [0.1, 0.15) is 23.5 Å². The number of benzene rings is 3. The number of fused-ring (bicyclic) bond motifs is 1. The van der Waals surface area contributed by atoms with Crippen molar-refractivity contribution in [2.24, 2.45) is 0 Å². The molecular weight excluding hydrogens is 472 g/mol. The molecule has 36 heavy (non-hydrogen) atoms. The van der Waals surface area contributed by atoms with Crippen molar-refractivity contribution in [3.8, 4) is 22.6 Å². The average molecular weight is 503 g/mol. The second-order valence-corrected chi connectivity index (χ2v) is 10.0. The Morgan fingerprint density at radius 1 is 1.08 bits per heavy atom. The van der Waals surface area contributed by atoms with Crippen LogP contribution in [0.25, 0.3) is 11.1 Å². The van der Waals surface area contributed by atoms with Gasteiger partial charge in [0.05, 0.1) is 20.2 Å². The molecule has 0 aliphatic carbocycles. The molecule has 0 unspecified atom stereocenters. The molecule has 0 spiro atoms. The Balaban J connectivity index is 1.33. The van der Waals surface area contributed by atoms with Crippen molar-refractivity contribution in [3.05, 3.63) is 77.9 Å². The van der Waals surface area contributed by atoms with Gasteiger partial charge in [0.1, 0.15) is 6.61 Å². The summed E-state index contributed by atoms with van der Waals surface area (Å²) in [5, 5.41) is 0. The highest BCUT2D eigenvalue weighted by Crippen LogP contribution is 2.39. The van der Waals surface area contributed by atoms with Crippen LogP contribution in [0.2, 0.25) is 0 Å². The molecule has 0 saturated carbocycles. The lowest BCUT2D eigenvalue weighted by Crippen LogP contribution is -2.41. The maximum absolute atomic E-state index is 13.3. The highest BCUT2D eigenvalue weighted by atomic mass is 32.2. The van der Waals surface area contributed by atoms with Gasteiger partial charge in [-0.25, -0.2) is 0 Å². The second kappa shape index (κ2) is 10.7. The van der Waals surface area contributed by atoms with Crippen LogP contribution in [0, 0.1) is 0 Å². The molecule has 6 nitrogen and oxygen atoms in total. The van der Waals surface area contributed by atoms with Crippen LogP contribution in [-0.2, 0) is 16.1 Å². The topological polar surface area (TPSA) is 59.1 Å². The normalized spacial score (nSPS) is 17.4. The lowest BCUT2D eigenvalue weighted by molar-refractivity contribution is -0.138. The van der Waals surface area contributed by atoms with Crippen molar-refractivity contribution in [3.63, 3.8) is 0 Å². The average Bonchev–Trinajstić information content (AvgIpc) is 3.14. The fourth-order valence-electron chi connectivity index (χ4n) is 4.94. The number of carbonyl (C=O) groups excluding carboxylic acids is 2. The number of likely N-dealkylation sites (tertiary alicyclic amines) is 1. The zero-order valence-electron chi connectivity index (χ0n) is 20.6. The maximum atomic E-state index is 13.3. The van der Waals surface area contributed by atoms with E-state index in [4.69, 9.17) is 9.47 Å². The fourth-order valence-corrected chi connectivity index (χ4v) is 5.34. The first-order valence-corrected chi connectivity index (χ1v) is 13.4. The molecular formula is C29H30N2O4S. The molecule has 0 bridgehead atoms. The molecule has 1 atom stereocenters. The number of nitrogens with zero attached hydrogens (tertiary/aromatic N) is 2. The van der Waals surface area contributed by atoms with Crippen LogP contribution in [0.5, 0.6) is 11.5 Å². The van der Waals surface area contributed by atoms with E-state index < -0.39 is 0 Å². The van der Waals surface area contributed by atoms with Gasteiger partial charge in [-0.3, -0.25) is 9.59 Å². The van der Waals surface area contributed by atoms with E-state index in [2.05, 4.69) is 36.6 Å². The molecule has 1 saturated heterocycles. The van der Waals surface area contributed by atoms with E-state index in [1.807, 2.05) is 36.4 Å². The molecule has 2 aliphatic heterocycles. The van der Waals surface area contributed by atoms with Crippen LogP contribution < -0.4 is 9.47 Å². The Bertz CT molecular complexity index is 1250. The van der Waals surface area contributed by atoms with Crippen molar-refractivity contribution < 1.29 is 19.1 Å². The van der Waals surface area contributed by atoms with E-state index in [0.29, 0.717) is 44.2 Å². The minimum atomic E-state index is -0.0674. The minimum absolute atomic E-state index is 0.0290. The van der Waals surface area contributed by atoms with Crippen LogP contribution in [0.15, 0.2) is 71.6 Å². The third kappa shape index (κ3) is 5.07. The number of thioether (sulfide) groups is 1. The summed E-state index contributed by atoms with van der Waals surface area (Å²) < 4.78 is 11.7. The molecule has 5 rings (SSSR count). The van der Waals surface area contributed by atoms with Crippen molar-refractivity contribution in [2.75, 3.05) is 39.6 Å². The van der Waals surface area contributed by atoms with E-state index in [1.165, 1.54) is 4.90 Å². The number of rotatable bonds is 6. The zero-order valence-corrected chi connectivity index (χ0v) is 21.4. The van der Waals surface area contributed by atoms with Gasteiger partial charge < -0.3 is 19.3 Å². The quantitative estimate of drug-likeness (QED) is 0.453. The van der Waals surface area contributed by atoms with Crippen LogP contribution in [0.3, 0.4) is 0 Å². The summed E-state index contributed by atoms with van der Waals surface area (Å²) in [6.07, 6.45) is 2.50. The number of methoxy groups -OCH3 is 1. The van der Waals surface area contributed by atoms with Gasteiger partial charge in [0, 0.05) is 35.9 Å². The Hall–Kier alpha value is -3.45. The summed E-state index contributed by atoms with van der Waals surface area (Å²) in [4.78, 5) is 30.7. The molecule has 186 valence electrons. The highest BCUT2D eigenvalue weighted by Gasteiger charge is 2.33. The Morgan fingerprint density at radius 2 is 1.86 bits per heavy atom. The predicted molar refractivity (Wildman–Crippen MR) is 142 cm³/mol. The number of hydrogen-bond acceptors (Lipinski definition) is 5. The predicted octanol–water partition coefficient (Wildman–Crippen LogP) is 4.82. The third-order valence-electron chi connectivity index (χ3n) is 6.91. The summed E-state index contributed by atoms with van der Waals surface area (Å²) in [5.74, 6) is 1.43. The molecule has 2 heterocycles. The monoisotopic (exact) mass is 502 g/mol. The smallest absolute Gasteiger partial charge is 0.242 e. The molecule has 0 aromatic heterocycles. The summed E-state index contributed by atoms with van der Waals surface area (Å²) in [6.45, 7) is 1.89. The number of carbonyl (C=O) groups is 2. The van der Waals surface area contributed by atoms with Gasteiger partial charge in [-0.1, -0.05) is 42.5 Å². The third-order valence-corrected chi connectivity index (χ3v) is 7.65. The van der Waals surface area contributed by atoms with E-state index >= 15 is 0 Å². The van der Waals surface area contributed by atoms with Crippen LogP contribution in [-0.4, -0.2) is 61.2 Å². The lowest BCUT2D eigenvalue weighted by atomic mass is 9.99. The first-order valence-electron chi connectivity index (χ1n) is 12.1. The maximum Gasteiger partial charge on any atom is 0.242 e. The Morgan fingerprint density at radius 3 is 2.58 bits per heavy atom. The molecule has 1 fully saturated rings. The molecule has 2 aliphatic rings. The van der Waals surface area contributed by atoms with Crippen LogP contribution in [0.4, 0.5) is 0 Å². The van der Waals surface area contributed by atoms with Crippen molar-refractivity contribution >= 4 is 23.6 Å². The van der Waals surface area contributed by atoms with E-state index in [0.717, 1.165) is 22.3 Å². The second-order valence-electron chi connectivity index (χ2n) is 9.15. The largest absolute Gasteiger partial charge is 0.493 e. The summed E-state index contributed by atoms with van der Waals surface area (Å²) >= 11 is 1.70.